The number of aliphatic hydroxyl groups excluding tert-OH is 1. The molecule has 8 heteroatoms. The Morgan fingerprint density at radius 3 is 2.82 bits per heavy atom. The Morgan fingerprint density at radius 1 is 1.30 bits per heavy atom. The van der Waals surface area contributed by atoms with Gasteiger partial charge in [0.05, 0.1) is 18.0 Å². The maximum atomic E-state index is 13.4. The Labute approximate surface area is 201 Å². The van der Waals surface area contributed by atoms with Gasteiger partial charge in [-0.15, -0.1) is 5.10 Å². The number of benzene rings is 2. The maximum absolute atomic E-state index is 13.4. The second-order valence-corrected chi connectivity index (χ2v) is 9.98. The Morgan fingerprint density at radius 2 is 2.06 bits per heavy atom. The number of hydrogen-bond donors (Lipinski definition) is 1. The number of likely N-dealkylation sites (N-methyl/N-ethyl adjacent to an activating group) is 1. The summed E-state index contributed by atoms with van der Waals surface area (Å²) in [6.07, 6.45) is 2.38. The number of halogens is 1. The fourth-order valence-electron chi connectivity index (χ4n) is 5.21. The quantitative estimate of drug-likeness (QED) is 0.558. The first kappa shape index (κ1) is 22.3. The summed E-state index contributed by atoms with van der Waals surface area (Å²) >= 11 is 3.64. The molecule has 7 nitrogen and oxygen atoms in total. The molecule has 2 aromatic carbocycles. The molecule has 0 aliphatic carbocycles. The number of anilines is 1. The highest BCUT2D eigenvalue weighted by Crippen LogP contribution is 2.55. The van der Waals surface area contributed by atoms with E-state index < -0.39 is 11.7 Å². The third-order valence-electron chi connectivity index (χ3n) is 6.86. The van der Waals surface area contributed by atoms with Gasteiger partial charge in [-0.2, -0.15) is 0 Å². The lowest BCUT2D eigenvalue weighted by atomic mass is 9.82. The number of aryl methyl sites for hydroxylation is 2. The summed E-state index contributed by atoms with van der Waals surface area (Å²) < 4.78 is 9.21. The number of ether oxygens (including phenoxy) is 1. The van der Waals surface area contributed by atoms with E-state index in [2.05, 4.69) is 39.2 Å². The third-order valence-corrected chi connectivity index (χ3v) is 7.47. The van der Waals surface area contributed by atoms with Crippen molar-refractivity contribution in [3.8, 4) is 0 Å². The lowest BCUT2D eigenvalue weighted by Crippen LogP contribution is -2.42. The van der Waals surface area contributed by atoms with Crippen LogP contribution in [0.3, 0.4) is 0 Å². The van der Waals surface area contributed by atoms with E-state index in [4.69, 9.17) is 4.74 Å². The predicted octanol–water partition coefficient (Wildman–Crippen LogP) is 4.12. The van der Waals surface area contributed by atoms with E-state index in [1.807, 2.05) is 50.4 Å². The maximum Gasteiger partial charge on any atom is 0.264 e. The second-order valence-electron chi connectivity index (χ2n) is 9.13. The van der Waals surface area contributed by atoms with E-state index in [-0.39, 0.29) is 17.9 Å². The van der Waals surface area contributed by atoms with Gasteiger partial charge in [0.1, 0.15) is 11.8 Å². The molecule has 0 bridgehead atoms. The minimum atomic E-state index is -0.944. The Balaban J connectivity index is 1.32. The van der Waals surface area contributed by atoms with Crippen LogP contribution in [0.25, 0.3) is 0 Å². The summed E-state index contributed by atoms with van der Waals surface area (Å²) in [5.74, 6) is 0.0476. The number of hydrogen-bond acceptors (Lipinski definition) is 5. The molecule has 3 aromatic rings. The number of aromatic nitrogens is 3. The lowest BCUT2D eigenvalue weighted by molar-refractivity contribution is -0.145. The van der Waals surface area contributed by atoms with E-state index in [1.54, 1.807) is 15.8 Å². The number of nitrogens with zero attached hydrogens (tertiary/aromatic N) is 4. The summed E-state index contributed by atoms with van der Waals surface area (Å²) in [4.78, 5) is 15.1. The first-order chi connectivity index (χ1) is 15.8. The first-order valence-corrected chi connectivity index (χ1v) is 12.0. The van der Waals surface area contributed by atoms with Crippen molar-refractivity contribution in [2.75, 3.05) is 11.9 Å². The Hall–Kier alpha value is -2.55. The van der Waals surface area contributed by atoms with Gasteiger partial charge in [-0.05, 0) is 52.9 Å². The number of aliphatic hydroxyl groups is 1. The van der Waals surface area contributed by atoms with Crippen molar-refractivity contribution in [2.45, 2.75) is 51.0 Å². The van der Waals surface area contributed by atoms with Crippen LogP contribution in [-0.4, -0.2) is 39.2 Å². The van der Waals surface area contributed by atoms with Crippen LogP contribution >= 0.6 is 15.9 Å². The minimum Gasteiger partial charge on any atom is -0.382 e. The second kappa shape index (κ2) is 8.34. The predicted molar refractivity (Wildman–Crippen MR) is 128 cm³/mol. The molecule has 1 saturated heterocycles. The minimum absolute atomic E-state index is 0.00664. The van der Waals surface area contributed by atoms with Crippen LogP contribution in [0, 0.1) is 12.8 Å². The summed E-state index contributed by atoms with van der Waals surface area (Å²) in [7, 11) is 1.81. The third kappa shape index (κ3) is 3.61. The first-order valence-electron chi connectivity index (χ1n) is 11.2. The van der Waals surface area contributed by atoms with Crippen molar-refractivity contribution in [3.05, 3.63) is 75.5 Å². The topological polar surface area (TPSA) is 80.5 Å². The number of rotatable bonds is 5. The van der Waals surface area contributed by atoms with Gasteiger partial charge in [-0.25, -0.2) is 0 Å². The number of carbonyl (C=O) groups excluding carboxylic acids is 1. The molecule has 33 heavy (non-hydrogen) atoms. The molecule has 0 unspecified atom stereocenters. The summed E-state index contributed by atoms with van der Waals surface area (Å²) in [5, 5.41) is 18.9. The summed E-state index contributed by atoms with van der Waals surface area (Å²) in [6.45, 7) is 4.72. The Bertz CT molecular complexity index is 1200. The molecule has 2 aliphatic heterocycles. The fourth-order valence-corrected chi connectivity index (χ4v) is 6.05. The zero-order valence-corrected chi connectivity index (χ0v) is 20.5. The van der Waals surface area contributed by atoms with E-state index in [0.717, 1.165) is 33.3 Å². The molecule has 172 valence electrons. The molecule has 3 heterocycles. The number of carbonyl (C=O) groups is 1. The van der Waals surface area contributed by atoms with Gasteiger partial charge in [0, 0.05) is 29.5 Å². The highest BCUT2D eigenvalue weighted by Gasteiger charge is 2.59. The molecule has 2 aliphatic rings. The van der Waals surface area contributed by atoms with Crippen LogP contribution in [0.5, 0.6) is 0 Å². The zero-order chi connectivity index (χ0) is 23.3. The van der Waals surface area contributed by atoms with Crippen molar-refractivity contribution >= 4 is 27.5 Å². The molecule has 0 radical (unpaired) electrons. The lowest BCUT2D eigenvalue weighted by Gasteiger charge is -2.27. The van der Waals surface area contributed by atoms with Gasteiger partial charge in [-0.3, -0.25) is 9.48 Å². The van der Waals surface area contributed by atoms with Crippen molar-refractivity contribution < 1.29 is 14.6 Å². The van der Waals surface area contributed by atoms with E-state index in [9.17, 15) is 9.90 Å². The SMILES string of the molecule is Cc1cc(Br)c2c(c1)[C@]1(O[C@@H](CCn3cc([C@H](O)c4ccccc4)nn3)C[C@H]1C)C(=O)N2C. The molecule has 1 N–H and O–H groups in total. The van der Waals surface area contributed by atoms with Gasteiger partial charge < -0.3 is 14.7 Å². The number of amides is 1. The van der Waals surface area contributed by atoms with Crippen LogP contribution in [0.15, 0.2) is 53.1 Å². The van der Waals surface area contributed by atoms with Crippen molar-refractivity contribution in [2.24, 2.45) is 5.92 Å². The van der Waals surface area contributed by atoms with Crippen LogP contribution < -0.4 is 4.90 Å². The van der Waals surface area contributed by atoms with Gasteiger partial charge in [0.15, 0.2) is 5.60 Å². The summed E-state index contributed by atoms with van der Waals surface area (Å²) in [5.41, 5.74) is 3.29. The monoisotopic (exact) mass is 510 g/mol. The van der Waals surface area contributed by atoms with Crippen molar-refractivity contribution in [3.63, 3.8) is 0 Å². The van der Waals surface area contributed by atoms with Crippen LogP contribution in [-0.2, 0) is 21.7 Å². The molecular formula is C25H27BrN4O3. The molecule has 1 amide bonds. The normalized spacial score (nSPS) is 25.1. The van der Waals surface area contributed by atoms with Crippen molar-refractivity contribution in [1.29, 1.82) is 0 Å². The van der Waals surface area contributed by atoms with E-state index >= 15 is 0 Å². The van der Waals surface area contributed by atoms with E-state index in [0.29, 0.717) is 18.7 Å². The standard InChI is InChI=1S/C25H27BrN4O3/c1-15-11-19-22(20(26)12-15)29(3)24(32)25(19)16(2)13-18(33-25)9-10-30-14-21(27-28-30)23(31)17-7-5-4-6-8-17/h4-8,11-12,14,16,18,23,31H,9-10,13H2,1-3H3/t16-,18+,23-,25+/m1/s1. The largest absolute Gasteiger partial charge is 0.382 e. The molecule has 1 aromatic heterocycles. The molecular weight excluding hydrogens is 484 g/mol. The fraction of sp³-hybridized carbons (Fsp3) is 0.400. The van der Waals surface area contributed by atoms with Gasteiger partial charge in [0.2, 0.25) is 0 Å². The zero-order valence-electron chi connectivity index (χ0n) is 18.9. The highest BCUT2D eigenvalue weighted by molar-refractivity contribution is 9.10. The van der Waals surface area contributed by atoms with Gasteiger partial charge in [-0.1, -0.05) is 48.5 Å². The molecule has 4 atom stereocenters. The number of fused-ring (bicyclic) bond motifs is 2. The van der Waals surface area contributed by atoms with Gasteiger partial charge >= 0.3 is 0 Å². The molecule has 1 fully saturated rings. The van der Waals surface area contributed by atoms with Crippen molar-refractivity contribution in [1.82, 2.24) is 15.0 Å². The average Bonchev–Trinajstić information content (AvgIpc) is 3.46. The smallest absolute Gasteiger partial charge is 0.264 e. The highest BCUT2D eigenvalue weighted by atomic mass is 79.9. The molecule has 1 spiro atoms. The molecule has 5 rings (SSSR count). The van der Waals surface area contributed by atoms with Crippen LogP contribution in [0.4, 0.5) is 5.69 Å². The summed E-state index contributed by atoms with van der Waals surface area (Å²) in [6, 6.07) is 13.5. The Kier molecular flexibility index (Phi) is 5.63. The van der Waals surface area contributed by atoms with Gasteiger partial charge in [0.25, 0.3) is 5.91 Å². The average molecular weight is 511 g/mol. The van der Waals surface area contributed by atoms with E-state index in [1.165, 1.54) is 0 Å². The van der Waals surface area contributed by atoms with Crippen LogP contribution in [0.2, 0.25) is 0 Å². The van der Waals surface area contributed by atoms with Crippen LogP contribution in [0.1, 0.15) is 48.3 Å². The molecule has 0 saturated carbocycles.